The molecule has 0 aromatic carbocycles. The van der Waals surface area contributed by atoms with Gasteiger partial charge in [-0.1, -0.05) is 0 Å². The summed E-state index contributed by atoms with van der Waals surface area (Å²) in [6.45, 7) is 2.89. The lowest BCUT2D eigenvalue weighted by Gasteiger charge is -2.34. The quantitative estimate of drug-likeness (QED) is 0.665. The molecule has 0 N–H and O–H groups in total. The number of piperazine rings is 1. The fraction of sp³-hybridized carbons (Fsp3) is 0.467. The van der Waals surface area contributed by atoms with Crippen LogP contribution in [-0.4, -0.2) is 57.0 Å². The molecule has 4 rings (SSSR count). The van der Waals surface area contributed by atoms with Gasteiger partial charge in [-0.2, -0.15) is 17.5 Å². The van der Waals surface area contributed by atoms with Crippen molar-refractivity contribution in [2.24, 2.45) is 0 Å². The highest BCUT2D eigenvalue weighted by Crippen LogP contribution is 2.30. The molecular weight excluding hydrogens is 383 g/mol. The number of rotatable bonds is 4. The van der Waals surface area contributed by atoms with Crippen molar-refractivity contribution in [1.29, 1.82) is 0 Å². The Hall–Kier alpha value is -2.47. The monoisotopic (exact) mass is 399 g/mol. The summed E-state index contributed by atoms with van der Waals surface area (Å²) in [4.78, 5) is 16.5. The second-order valence-corrected chi connectivity index (χ2v) is 6.74. The minimum absolute atomic E-state index is 0.205. The molecule has 0 spiro atoms. The summed E-state index contributed by atoms with van der Waals surface area (Å²) in [6, 6.07) is 0. The number of imidazole rings is 1. The molecule has 1 saturated heterocycles. The molecule has 1 fully saturated rings. The standard InChI is InChI=1S/C15H16F3N7OS/c1-26-9-11-21-14(27-22-11)24-6-4-23(5-7-24)12-13-20-10(15(16,17)18)8-25(13)3-2-19-12/h2-3,8H,4-7,9H2,1H3. The van der Waals surface area contributed by atoms with Crippen LogP contribution in [0.4, 0.5) is 24.1 Å². The number of halogens is 3. The van der Waals surface area contributed by atoms with Crippen molar-refractivity contribution in [3.05, 3.63) is 30.1 Å². The summed E-state index contributed by atoms with van der Waals surface area (Å²) >= 11 is 1.31. The molecule has 3 aromatic rings. The molecule has 27 heavy (non-hydrogen) atoms. The van der Waals surface area contributed by atoms with Crippen molar-refractivity contribution in [3.8, 4) is 0 Å². The maximum atomic E-state index is 13.0. The lowest BCUT2D eigenvalue weighted by atomic mass is 10.3. The molecule has 0 atom stereocenters. The van der Waals surface area contributed by atoms with Crippen molar-refractivity contribution in [2.45, 2.75) is 12.8 Å². The van der Waals surface area contributed by atoms with Crippen molar-refractivity contribution in [3.63, 3.8) is 0 Å². The highest BCUT2D eigenvalue weighted by atomic mass is 32.1. The number of anilines is 2. The zero-order chi connectivity index (χ0) is 19.0. The number of methoxy groups -OCH3 is 1. The SMILES string of the molecule is COCc1nsc(N2CCN(c3nccn4cc(C(F)(F)F)nc34)CC2)n1. The van der Waals surface area contributed by atoms with Gasteiger partial charge in [-0.15, -0.1) is 0 Å². The van der Waals surface area contributed by atoms with Crippen LogP contribution in [0, 0.1) is 0 Å². The van der Waals surface area contributed by atoms with Crippen molar-refractivity contribution in [2.75, 3.05) is 43.1 Å². The van der Waals surface area contributed by atoms with Gasteiger partial charge in [0, 0.05) is 63.4 Å². The number of fused-ring (bicyclic) bond motifs is 1. The van der Waals surface area contributed by atoms with E-state index in [0.29, 0.717) is 44.4 Å². The Labute approximate surface area is 156 Å². The predicted molar refractivity (Wildman–Crippen MR) is 93.0 cm³/mol. The van der Waals surface area contributed by atoms with Crippen LogP contribution in [0.1, 0.15) is 11.5 Å². The molecule has 3 aromatic heterocycles. The van der Waals surface area contributed by atoms with Crippen LogP contribution in [-0.2, 0) is 17.5 Å². The molecule has 8 nitrogen and oxygen atoms in total. The number of ether oxygens (including phenoxy) is 1. The van der Waals surface area contributed by atoms with E-state index in [4.69, 9.17) is 4.74 Å². The number of hydrogen-bond acceptors (Lipinski definition) is 8. The van der Waals surface area contributed by atoms with E-state index in [1.807, 2.05) is 4.90 Å². The van der Waals surface area contributed by atoms with Crippen LogP contribution in [0.2, 0.25) is 0 Å². The average molecular weight is 399 g/mol. The average Bonchev–Trinajstić information content (AvgIpc) is 3.28. The Kier molecular flexibility index (Phi) is 4.60. The third-order valence-corrected chi connectivity index (χ3v) is 5.04. The van der Waals surface area contributed by atoms with Crippen LogP contribution in [0.3, 0.4) is 0 Å². The molecule has 1 aliphatic heterocycles. The van der Waals surface area contributed by atoms with Crippen LogP contribution < -0.4 is 9.80 Å². The Morgan fingerprint density at radius 3 is 2.59 bits per heavy atom. The van der Waals surface area contributed by atoms with Crippen molar-refractivity contribution < 1.29 is 17.9 Å². The normalized spacial score (nSPS) is 15.7. The molecule has 144 valence electrons. The molecular formula is C15H16F3N7OS. The van der Waals surface area contributed by atoms with E-state index < -0.39 is 11.9 Å². The molecule has 4 heterocycles. The molecule has 0 radical (unpaired) electrons. The third-order valence-electron chi connectivity index (χ3n) is 4.23. The smallest absolute Gasteiger partial charge is 0.377 e. The second-order valence-electron chi connectivity index (χ2n) is 6.01. The minimum atomic E-state index is -4.49. The second kappa shape index (κ2) is 6.93. The number of hydrogen-bond donors (Lipinski definition) is 0. The van der Waals surface area contributed by atoms with Gasteiger partial charge in [0.05, 0.1) is 0 Å². The van der Waals surface area contributed by atoms with Gasteiger partial charge in [-0.3, -0.25) is 0 Å². The molecule has 0 amide bonds. The highest BCUT2D eigenvalue weighted by molar-refractivity contribution is 7.09. The zero-order valence-corrected chi connectivity index (χ0v) is 15.2. The van der Waals surface area contributed by atoms with Gasteiger partial charge in [-0.25, -0.2) is 15.0 Å². The van der Waals surface area contributed by atoms with E-state index in [1.54, 1.807) is 7.11 Å². The van der Waals surface area contributed by atoms with E-state index >= 15 is 0 Å². The third kappa shape index (κ3) is 3.54. The Morgan fingerprint density at radius 1 is 1.15 bits per heavy atom. The summed E-state index contributed by atoms with van der Waals surface area (Å²) in [7, 11) is 1.59. The highest BCUT2D eigenvalue weighted by Gasteiger charge is 2.34. The zero-order valence-electron chi connectivity index (χ0n) is 14.3. The van der Waals surface area contributed by atoms with Crippen molar-refractivity contribution in [1.82, 2.24) is 23.7 Å². The summed E-state index contributed by atoms with van der Waals surface area (Å²) < 4.78 is 49.5. The van der Waals surface area contributed by atoms with E-state index in [-0.39, 0.29) is 5.65 Å². The first-order chi connectivity index (χ1) is 13.0. The number of alkyl halides is 3. The summed E-state index contributed by atoms with van der Waals surface area (Å²) in [5.41, 5.74) is -0.716. The van der Waals surface area contributed by atoms with Crippen LogP contribution >= 0.6 is 11.5 Å². The molecule has 0 saturated carbocycles. The van der Waals surface area contributed by atoms with E-state index in [1.165, 1.54) is 28.3 Å². The first-order valence-corrected chi connectivity index (χ1v) is 8.95. The van der Waals surface area contributed by atoms with Gasteiger partial charge in [-0.05, 0) is 0 Å². The van der Waals surface area contributed by atoms with E-state index in [9.17, 15) is 13.2 Å². The Morgan fingerprint density at radius 2 is 1.89 bits per heavy atom. The fourth-order valence-corrected chi connectivity index (χ4v) is 3.66. The number of nitrogens with zero attached hydrogens (tertiary/aromatic N) is 7. The lowest BCUT2D eigenvalue weighted by molar-refractivity contribution is -0.140. The molecule has 12 heteroatoms. The van der Waals surface area contributed by atoms with Crippen LogP contribution in [0.5, 0.6) is 0 Å². The lowest BCUT2D eigenvalue weighted by Crippen LogP contribution is -2.47. The topological polar surface area (TPSA) is 71.7 Å². The minimum Gasteiger partial charge on any atom is -0.377 e. The van der Waals surface area contributed by atoms with Crippen LogP contribution in [0.25, 0.3) is 5.65 Å². The fourth-order valence-electron chi connectivity index (χ4n) is 2.94. The van der Waals surface area contributed by atoms with Crippen LogP contribution in [0.15, 0.2) is 18.6 Å². The van der Waals surface area contributed by atoms with E-state index in [2.05, 4.69) is 24.2 Å². The van der Waals surface area contributed by atoms with E-state index in [0.717, 1.165) is 11.3 Å². The van der Waals surface area contributed by atoms with Gasteiger partial charge >= 0.3 is 6.18 Å². The summed E-state index contributed by atoms with van der Waals surface area (Å²) in [5, 5.41) is 0.813. The first kappa shape index (κ1) is 17.9. The maximum absolute atomic E-state index is 13.0. The van der Waals surface area contributed by atoms with Gasteiger partial charge in [0.25, 0.3) is 0 Å². The predicted octanol–water partition coefficient (Wildman–Crippen LogP) is 2.07. The Bertz CT molecular complexity index is 933. The molecule has 0 bridgehead atoms. The summed E-state index contributed by atoms with van der Waals surface area (Å²) in [6.07, 6.45) is -0.552. The summed E-state index contributed by atoms with van der Waals surface area (Å²) in [5.74, 6) is 1.09. The van der Waals surface area contributed by atoms with Gasteiger partial charge in [0.15, 0.2) is 23.0 Å². The Balaban J connectivity index is 1.51. The van der Waals surface area contributed by atoms with Gasteiger partial charge in [0.1, 0.15) is 6.61 Å². The molecule has 1 aliphatic rings. The molecule has 0 unspecified atom stereocenters. The maximum Gasteiger partial charge on any atom is 0.434 e. The number of aromatic nitrogens is 5. The van der Waals surface area contributed by atoms with Gasteiger partial charge < -0.3 is 18.9 Å². The largest absolute Gasteiger partial charge is 0.434 e. The first-order valence-electron chi connectivity index (χ1n) is 8.18. The van der Waals surface area contributed by atoms with Crippen molar-refractivity contribution >= 4 is 28.1 Å². The van der Waals surface area contributed by atoms with Gasteiger partial charge in [0.2, 0.25) is 5.13 Å². The molecule has 0 aliphatic carbocycles.